The van der Waals surface area contributed by atoms with Crippen molar-refractivity contribution in [3.8, 4) is 0 Å². The van der Waals surface area contributed by atoms with Crippen molar-refractivity contribution in [1.29, 1.82) is 0 Å². The molecule has 0 aromatic carbocycles. The van der Waals surface area contributed by atoms with Crippen LogP contribution in [-0.2, 0) is 0 Å². The largest absolute Gasteiger partial charge is 0.103 e. The van der Waals surface area contributed by atoms with Crippen LogP contribution >= 0.6 is 0 Å². The van der Waals surface area contributed by atoms with Gasteiger partial charge in [-0.1, -0.05) is 70.1 Å². The Morgan fingerprint density at radius 2 is 1.53 bits per heavy atom. The van der Waals surface area contributed by atoms with Crippen LogP contribution in [0.5, 0.6) is 0 Å². The Kier molecular flexibility index (Phi) is 13.1. The summed E-state index contributed by atoms with van der Waals surface area (Å²) < 4.78 is 0. The molecule has 17 heavy (non-hydrogen) atoms. The molecule has 0 radical (unpaired) electrons. The van der Waals surface area contributed by atoms with Crippen LogP contribution in [-0.4, -0.2) is 0 Å². The minimum absolute atomic E-state index is 1.10. The van der Waals surface area contributed by atoms with Gasteiger partial charge in [-0.3, -0.25) is 0 Å². The highest BCUT2D eigenvalue weighted by atomic mass is 14.0. The van der Waals surface area contributed by atoms with E-state index in [1.54, 1.807) is 5.57 Å². The number of allylic oxidation sites excluding steroid dienone is 3. The highest BCUT2D eigenvalue weighted by molar-refractivity contribution is 5.06. The van der Waals surface area contributed by atoms with Crippen molar-refractivity contribution < 1.29 is 0 Å². The highest BCUT2D eigenvalue weighted by Gasteiger charge is 1.96. The summed E-state index contributed by atoms with van der Waals surface area (Å²) in [5.41, 5.74) is 1.62. The smallest absolute Gasteiger partial charge is 0.0142 e. The number of hydrogen-bond donors (Lipinski definition) is 0. The first-order valence-corrected chi connectivity index (χ1v) is 7.63. The average Bonchev–Trinajstić information content (AvgIpc) is 2.34. The summed E-state index contributed by atoms with van der Waals surface area (Å²) in [6.07, 6.45) is 19.1. The van der Waals surface area contributed by atoms with Gasteiger partial charge >= 0.3 is 0 Å². The molecule has 0 amide bonds. The topological polar surface area (TPSA) is 0 Å². The maximum atomic E-state index is 3.86. The lowest BCUT2D eigenvalue weighted by atomic mass is 10.0. The van der Waals surface area contributed by atoms with E-state index in [-0.39, 0.29) is 0 Å². The molecule has 0 heteroatoms. The molecule has 0 nitrogen and oxygen atoms in total. The first-order valence-electron chi connectivity index (χ1n) is 7.63. The number of rotatable bonds is 12. The molecule has 0 aliphatic rings. The number of hydrogen-bond acceptors (Lipinski definition) is 0. The molecule has 0 bridgehead atoms. The van der Waals surface area contributed by atoms with Crippen molar-refractivity contribution >= 4 is 0 Å². The second kappa shape index (κ2) is 13.5. The normalized spacial score (nSPS) is 11.8. The van der Waals surface area contributed by atoms with E-state index in [4.69, 9.17) is 0 Å². The van der Waals surface area contributed by atoms with Crippen molar-refractivity contribution in [2.45, 2.75) is 84.5 Å². The molecule has 0 atom stereocenters. The first kappa shape index (κ1) is 16.5. The van der Waals surface area contributed by atoms with Crippen LogP contribution < -0.4 is 0 Å². The van der Waals surface area contributed by atoms with Crippen LogP contribution in [0.2, 0.25) is 0 Å². The van der Waals surface area contributed by atoms with E-state index in [0.717, 1.165) is 6.42 Å². The maximum absolute atomic E-state index is 3.86. The molecule has 0 saturated carbocycles. The van der Waals surface area contributed by atoms with Gasteiger partial charge in [0, 0.05) is 0 Å². The van der Waals surface area contributed by atoms with Crippen molar-refractivity contribution in [1.82, 2.24) is 0 Å². The van der Waals surface area contributed by atoms with E-state index < -0.39 is 0 Å². The third-order valence-corrected chi connectivity index (χ3v) is 3.25. The molecule has 0 aliphatic carbocycles. The van der Waals surface area contributed by atoms with Gasteiger partial charge in [-0.2, -0.15) is 0 Å². The molecule has 0 spiro atoms. The summed E-state index contributed by atoms with van der Waals surface area (Å²) in [6, 6.07) is 0. The summed E-state index contributed by atoms with van der Waals surface area (Å²) in [7, 11) is 0. The van der Waals surface area contributed by atoms with Crippen molar-refractivity contribution in [3.63, 3.8) is 0 Å². The third-order valence-electron chi connectivity index (χ3n) is 3.25. The maximum Gasteiger partial charge on any atom is -0.0142 e. The Morgan fingerprint density at radius 1 is 0.882 bits per heavy atom. The first-order chi connectivity index (χ1) is 8.35. The third kappa shape index (κ3) is 11.7. The highest BCUT2D eigenvalue weighted by Crippen LogP contribution is 2.16. The lowest BCUT2D eigenvalue weighted by molar-refractivity contribution is 0.652. The van der Waals surface area contributed by atoms with Gasteiger partial charge in [0.2, 0.25) is 0 Å². The fourth-order valence-corrected chi connectivity index (χ4v) is 2.13. The SMILES string of the molecule is C=CC/C(=C\CCCCCC)CCCCCC. The van der Waals surface area contributed by atoms with Crippen LogP contribution in [0.15, 0.2) is 24.3 Å². The summed E-state index contributed by atoms with van der Waals surface area (Å²) in [5.74, 6) is 0. The van der Waals surface area contributed by atoms with Crippen molar-refractivity contribution in [3.05, 3.63) is 24.3 Å². The Bertz CT molecular complexity index is 188. The van der Waals surface area contributed by atoms with Gasteiger partial charge in [-0.05, 0) is 32.1 Å². The molecular formula is C17H32. The molecule has 0 aromatic rings. The minimum Gasteiger partial charge on any atom is -0.103 e. The van der Waals surface area contributed by atoms with E-state index in [2.05, 4.69) is 32.6 Å². The van der Waals surface area contributed by atoms with Gasteiger partial charge in [0.1, 0.15) is 0 Å². The van der Waals surface area contributed by atoms with Crippen LogP contribution in [0, 0.1) is 0 Å². The molecule has 0 N–H and O–H groups in total. The molecule has 0 saturated heterocycles. The molecule has 0 aliphatic heterocycles. The second-order valence-corrected chi connectivity index (χ2v) is 5.02. The summed E-state index contributed by atoms with van der Waals surface area (Å²) in [4.78, 5) is 0. The Morgan fingerprint density at radius 3 is 2.12 bits per heavy atom. The van der Waals surface area contributed by atoms with Crippen molar-refractivity contribution in [2.75, 3.05) is 0 Å². The lowest BCUT2D eigenvalue weighted by Gasteiger charge is -2.05. The Hall–Kier alpha value is -0.520. The zero-order valence-electron chi connectivity index (χ0n) is 12.1. The fourth-order valence-electron chi connectivity index (χ4n) is 2.13. The van der Waals surface area contributed by atoms with E-state index in [0.29, 0.717) is 0 Å². The Labute approximate surface area is 109 Å². The predicted molar refractivity (Wildman–Crippen MR) is 80.4 cm³/mol. The molecule has 0 rings (SSSR count). The van der Waals surface area contributed by atoms with Crippen LogP contribution in [0.4, 0.5) is 0 Å². The van der Waals surface area contributed by atoms with E-state index >= 15 is 0 Å². The predicted octanol–water partition coefficient (Wildman–Crippen LogP) is 6.43. The lowest BCUT2D eigenvalue weighted by Crippen LogP contribution is -1.85. The molecule has 0 fully saturated rings. The van der Waals surface area contributed by atoms with Gasteiger partial charge in [-0.15, -0.1) is 6.58 Å². The van der Waals surface area contributed by atoms with Gasteiger partial charge in [0.15, 0.2) is 0 Å². The quantitative estimate of drug-likeness (QED) is 0.270. The molecule has 100 valence electrons. The van der Waals surface area contributed by atoms with Crippen LogP contribution in [0.25, 0.3) is 0 Å². The van der Waals surface area contributed by atoms with Gasteiger partial charge in [-0.25, -0.2) is 0 Å². The van der Waals surface area contributed by atoms with Gasteiger partial charge in [0.25, 0.3) is 0 Å². The van der Waals surface area contributed by atoms with Crippen LogP contribution in [0.3, 0.4) is 0 Å². The van der Waals surface area contributed by atoms with E-state index in [9.17, 15) is 0 Å². The van der Waals surface area contributed by atoms with E-state index in [1.807, 2.05) is 0 Å². The van der Waals surface area contributed by atoms with Crippen LogP contribution in [0.1, 0.15) is 84.5 Å². The molecular weight excluding hydrogens is 204 g/mol. The molecule has 0 unspecified atom stereocenters. The molecule has 0 heterocycles. The Balaban J connectivity index is 3.70. The average molecular weight is 236 g/mol. The summed E-state index contributed by atoms with van der Waals surface area (Å²) in [5, 5.41) is 0. The number of unbranched alkanes of at least 4 members (excludes halogenated alkanes) is 7. The van der Waals surface area contributed by atoms with Crippen molar-refractivity contribution in [2.24, 2.45) is 0 Å². The standard InChI is InChI=1S/C17H32/c1-4-7-9-11-13-16-17(14-6-3)15-12-10-8-5-2/h6,16H,3-5,7-15H2,1-2H3/b17-16+. The summed E-state index contributed by atoms with van der Waals surface area (Å²) in [6.45, 7) is 8.40. The molecule has 0 aromatic heterocycles. The zero-order chi connectivity index (χ0) is 12.8. The minimum atomic E-state index is 1.10. The monoisotopic (exact) mass is 236 g/mol. The fraction of sp³-hybridized carbons (Fsp3) is 0.765. The van der Waals surface area contributed by atoms with Gasteiger partial charge in [0.05, 0.1) is 0 Å². The zero-order valence-corrected chi connectivity index (χ0v) is 12.1. The van der Waals surface area contributed by atoms with E-state index in [1.165, 1.54) is 64.2 Å². The summed E-state index contributed by atoms with van der Waals surface area (Å²) >= 11 is 0. The second-order valence-electron chi connectivity index (χ2n) is 5.02. The van der Waals surface area contributed by atoms with Gasteiger partial charge < -0.3 is 0 Å².